The monoisotopic (exact) mass is 420 g/mol. The molecule has 1 heterocycles. The van der Waals surface area contributed by atoms with Crippen LogP contribution in [0.2, 0.25) is 5.02 Å². The molecule has 0 spiro atoms. The van der Waals surface area contributed by atoms with Crippen LogP contribution in [0.5, 0.6) is 5.75 Å². The standard InChI is InChI=1S/C24H17ClO5/c25-18-9-10-21(29-13-15-5-2-1-3-6-15)19(12-18)22-20(14-30-24(22)28)16-7-4-8-17(11-16)23(26)27/h1-12H,13-14H2,(H,26,27). The van der Waals surface area contributed by atoms with Crippen LogP contribution in [0.4, 0.5) is 0 Å². The Hall–Kier alpha value is -3.57. The average molecular weight is 421 g/mol. The third-order valence-corrected chi connectivity index (χ3v) is 4.99. The van der Waals surface area contributed by atoms with Gasteiger partial charge in [0.25, 0.3) is 0 Å². The number of carboxylic acids is 1. The van der Waals surface area contributed by atoms with Crippen LogP contribution in [-0.2, 0) is 16.1 Å². The van der Waals surface area contributed by atoms with Gasteiger partial charge in [0.05, 0.1) is 11.1 Å². The lowest BCUT2D eigenvalue weighted by molar-refractivity contribution is -0.133. The molecule has 0 fully saturated rings. The molecule has 30 heavy (non-hydrogen) atoms. The highest BCUT2D eigenvalue weighted by molar-refractivity contribution is 6.32. The van der Waals surface area contributed by atoms with E-state index in [-0.39, 0.29) is 12.2 Å². The molecule has 0 aliphatic carbocycles. The van der Waals surface area contributed by atoms with E-state index in [1.54, 1.807) is 30.3 Å². The molecular weight excluding hydrogens is 404 g/mol. The molecule has 6 heteroatoms. The van der Waals surface area contributed by atoms with Crippen molar-refractivity contribution in [1.29, 1.82) is 0 Å². The fourth-order valence-electron chi connectivity index (χ4n) is 3.30. The number of esters is 1. The summed E-state index contributed by atoms with van der Waals surface area (Å²) in [6.45, 7) is 0.365. The van der Waals surface area contributed by atoms with E-state index >= 15 is 0 Å². The minimum absolute atomic E-state index is 0.0435. The third kappa shape index (κ3) is 4.07. The van der Waals surface area contributed by atoms with Gasteiger partial charge in [-0.05, 0) is 41.5 Å². The van der Waals surface area contributed by atoms with Crippen molar-refractivity contribution in [2.45, 2.75) is 6.61 Å². The van der Waals surface area contributed by atoms with E-state index in [4.69, 9.17) is 21.1 Å². The Kier molecular flexibility index (Phi) is 5.55. The van der Waals surface area contributed by atoms with Gasteiger partial charge >= 0.3 is 11.9 Å². The van der Waals surface area contributed by atoms with Crippen molar-refractivity contribution in [1.82, 2.24) is 0 Å². The topological polar surface area (TPSA) is 72.8 Å². The second kappa shape index (κ2) is 8.43. The molecule has 0 radical (unpaired) electrons. The first-order chi connectivity index (χ1) is 14.5. The smallest absolute Gasteiger partial charge is 0.339 e. The number of benzene rings is 3. The van der Waals surface area contributed by atoms with Crippen LogP contribution in [0.15, 0.2) is 72.8 Å². The van der Waals surface area contributed by atoms with Crippen LogP contribution < -0.4 is 4.74 Å². The van der Waals surface area contributed by atoms with Gasteiger partial charge in [0.2, 0.25) is 0 Å². The maximum absolute atomic E-state index is 12.6. The zero-order valence-electron chi connectivity index (χ0n) is 15.8. The van der Waals surface area contributed by atoms with Gasteiger partial charge in [-0.2, -0.15) is 0 Å². The van der Waals surface area contributed by atoms with Gasteiger partial charge in [0.15, 0.2) is 0 Å². The summed E-state index contributed by atoms with van der Waals surface area (Å²) < 4.78 is 11.3. The molecule has 4 rings (SSSR count). The minimum Gasteiger partial charge on any atom is -0.488 e. The lowest BCUT2D eigenvalue weighted by Gasteiger charge is -2.13. The molecule has 0 saturated heterocycles. The van der Waals surface area contributed by atoms with E-state index in [2.05, 4.69) is 0 Å². The minimum atomic E-state index is -1.04. The second-order valence-corrected chi connectivity index (χ2v) is 7.17. The van der Waals surface area contributed by atoms with Crippen molar-refractivity contribution in [3.05, 3.63) is 100 Å². The number of halogens is 1. The molecular formula is C24H17ClO5. The largest absolute Gasteiger partial charge is 0.488 e. The number of cyclic esters (lactones) is 1. The van der Waals surface area contributed by atoms with Gasteiger partial charge in [-0.25, -0.2) is 9.59 Å². The molecule has 0 bridgehead atoms. The van der Waals surface area contributed by atoms with Crippen LogP contribution in [0, 0.1) is 0 Å². The summed E-state index contributed by atoms with van der Waals surface area (Å²) in [6.07, 6.45) is 0. The molecule has 5 nitrogen and oxygen atoms in total. The Bertz CT molecular complexity index is 1150. The first-order valence-corrected chi connectivity index (χ1v) is 9.61. The van der Waals surface area contributed by atoms with Crippen LogP contribution in [0.25, 0.3) is 11.1 Å². The van der Waals surface area contributed by atoms with E-state index in [0.717, 1.165) is 5.56 Å². The highest BCUT2D eigenvalue weighted by Crippen LogP contribution is 2.39. The van der Waals surface area contributed by atoms with Crippen LogP contribution in [0.1, 0.15) is 27.0 Å². The summed E-state index contributed by atoms with van der Waals surface area (Å²) in [5.41, 5.74) is 3.14. The van der Waals surface area contributed by atoms with Crippen molar-refractivity contribution < 1.29 is 24.2 Å². The number of carboxylic acid groups (broad SMARTS) is 1. The van der Waals surface area contributed by atoms with Gasteiger partial charge in [-0.15, -0.1) is 0 Å². The summed E-state index contributed by atoms with van der Waals surface area (Å²) in [7, 11) is 0. The molecule has 0 aromatic heterocycles. The number of carbonyl (C=O) groups excluding carboxylic acids is 1. The number of hydrogen-bond acceptors (Lipinski definition) is 4. The highest BCUT2D eigenvalue weighted by Gasteiger charge is 2.30. The second-order valence-electron chi connectivity index (χ2n) is 6.73. The highest BCUT2D eigenvalue weighted by atomic mass is 35.5. The van der Waals surface area contributed by atoms with Crippen molar-refractivity contribution in [2.75, 3.05) is 6.61 Å². The fraction of sp³-hybridized carbons (Fsp3) is 0.0833. The fourth-order valence-corrected chi connectivity index (χ4v) is 3.48. The summed E-state index contributed by atoms with van der Waals surface area (Å²) >= 11 is 6.21. The van der Waals surface area contributed by atoms with Gasteiger partial charge < -0.3 is 14.6 Å². The Morgan fingerprint density at radius 3 is 2.60 bits per heavy atom. The molecule has 0 atom stereocenters. The molecule has 0 saturated carbocycles. The summed E-state index contributed by atoms with van der Waals surface area (Å²) in [6, 6.07) is 21.1. The van der Waals surface area contributed by atoms with Crippen LogP contribution in [0.3, 0.4) is 0 Å². The normalized spacial score (nSPS) is 13.3. The predicted octanol–water partition coefficient (Wildman–Crippen LogP) is 5.08. The number of aromatic carboxylic acids is 1. The molecule has 3 aromatic carbocycles. The van der Waals surface area contributed by atoms with E-state index in [1.807, 2.05) is 30.3 Å². The van der Waals surface area contributed by atoms with Crippen LogP contribution >= 0.6 is 11.6 Å². The molecule has 1 N–H and O–H groups in total. The van der Waals surface area contributed by atoms with Crippen molar-refractivity contribution in [3.63, 3.8) is 0 Å². The zero-order chi connectivity index (χ0) is 21.1. The van der Waals surface area contributed by atoms with Gasteiger partial charge in [0, 0.05) is 16.2 Å². The van der Waals surface area contributed by atoms with Gasteiger partial charge in [0.1, 0.15) is 19.0 Å². The number of carbonyl (C=O) groups is 2. The SMILES string of the molecule is O=C1OCC(c2cccc(C(=O)O)c2)=C1c1cc(Cl)ccc1OCc1ccccc1. The van der Waals surface area contributed by atoms with E-state index < -0.39 is 11.9 Å². The number of ether oxygens (including phenoxy) is 2. The predicted molar refractivity (Wildman–Crippen MR) is 113 cm³/mol. The van der Waals surface area contributed by atoms with Gasteiger partial charge in [-0.1, -0.05) is 54.1 Å². The quantitative estimate of drug-likeness (QED) is 0.562. The maximum atomic E-state index is 12.6. The lowest BCUT2D eigenvalue weighted by Crippen LogP contribution is -2.03. The Morgan fingerprint density at radius 2 is 1.83 bits per heavy atom. The third-order valence-electron chi connectivity index (χ3n) is 4.76. The first kappa shape index (κ1) is 19.7. The van der Waals surface area contributed by atoms with Gasteiger partial charge in [-0.3, -0.25) is 0 Å². The van der Waals surface area contributed by atoms with Crippen molar-refractivity contribution >= 4 is 34.7 Å². The Labute approximate surface area is 178 Å². The molecule has 150 valence electrons. The number of hydrogen-bond donors (Lipinski definition) is 1. The maximum Gasteiger partial charge on any atom is 0.339 e. The van der Waals surface area contributed by atoms with Crippen LogP contribution in [-0.4, -0.2) is 23.7 Å². The lowest BCUT2D eigenvalue weighted by atomic mass is 9.95. The molecule has 1 aliphatic heterocycles. The van der Waals surface area contributed by atoms with Crippen molar-refractivity contribution in [2.24, 2.45) is 0 Å². The van der Waals surface area contributed by atoms with E-state index in [0.29, 0.717) is 39.7 Å². The first-order valence-electron chi connectivity index (χ1n) is 9.23. The van der Waals surface area contributed by atoms with E-state index in [1.165, 1.54) is 12.1 Å². The number of rotatable bonds is 6. The van der Waals surface area contributed by atoms with E-state index in [9.17, 15) is 14.7 Å². The summed E-state index contributed by atoms with van der Waals surface area (Å²) in [5, 5.41) is 9.74. The molecule has 0 unspecified atom stereocenters. The Morgan fingerprint density at radius 1 is 1.03 bits per heavy atom. The summed E-state index contributed by atoms with van der Waals surface area (Å²) in [4.78, 5) is 24.0. The average Bonchev–Trinajstić information content (AvgIpc) is 3.15. The molecule has 3 aromatic rings. The summed E-state index contributed by atoms with van der Waals surface area (Å²) in [5.74, 6) is -1.06. The van der Waals surface area contributed by atoms with Crippen molar-refractivity contribution in [3.8, 4) is 5.75 Å². The molecule has 0 amide bonds. The molecule has 1 aliphatic rings. The zero-order valence-corrected chi connectivity index (χ0v) is 16.6. The Balaban J connectivity index is 1.78.